The number of alkyl halides is 18. The lowest BCUT2D eigenvalue weighted by molar-refractivity contribution is -0.144. The van der Waals surface area contributed by atoms with E-state index in [1.165, 1.54) is 56.8 Å². The second-order valence-corrected chi connectivity index (χ2v) is 35.2. The number of pyridine rings is 3. The van der Waals surface area contributed by atoms with Gasteiger partial charge in [-0.05, 0) is 220 Å². The van der Waals surface area contributed by atoms with Gasteiger partial charge in [-0.2, -0.15) is 79.0 Å². The third-order valence-corrected chi connectivity index (χ3v) is 25.5. The maximum Gasteiger partial charge on any atom is 0.416 e. The van der Waals surface area contributed by atoms with Crippen molar-refractivity contribution >= 4 is 53.6 Å². The monoisotopic (exact) mass is 1950 g/mol. The number of halogens is 18. The number of carboxylic acid groups (broad SMARTS) is 3. The largest absolute Gasteiger partial charge is 0.496 e. The molecule has 6 aliphatic heterocycles. The molecule has 3 amide bonds. The Bertz CT molecular complexity index is 6080. The second kappa shape index (κ2) is 38.5. The lowest BCUT2D eigenvalue weighted by Crippen LogP contribution is -2.38. The molecule has 16 rings (SSSR count). The molecule has 0 radical (unpaired) electrons. The van der Waals surface area contributed by atoms with Gasteiger partial charge in [-0.15, -0.1) is 0 Å². The number of carboxylic acids is 3. The van der Waals surface area contributed by atoms with Crippen LogP contribution in [0.2, 0.25) is 0 Å². The number of methoxy groups -OCH3 is 3. The van der Waals surface area contributed by atoms with Crippen LogP contribution in [-0.2, 0) is 97.1 Å². The summed E-state index contributed by atoms with van der Waals surface area (Å²) >= 11 is 0. The summed E-state index contributed by atoms with van der Waals surface area (Å²) in [6, 6.07) is 25.1. The summed E-state index contributed by atoms with van der Waals surface area (Å²) in [5.74, 6) is -0.381. The number of hydrogen-bond acceptors (Lipinski definition) is 18. The zero-order chi connectivity index (χ0) is 100. The first-order chi connectivity index (χ1) is 64.6. The normalized spacial score (nSPS) is 20.0. The van der Waals surface area contributed by atoms with Crippen molar-refractivity contribution in [3.63, 3.8) is 0 Å². The van der Waals surface area contributed by atoms with Crippen molar-refractivity contribution in [3.8, 4) is 50.6 Å². The third-order valence-electron chi connectivity index (χ3n) is 25.5. The number of hydrogen-bond donors (Lipinski definition) is 3. The molecular weight excluding hydrogens is 1860 g/mol. The molecule has 1 aliphatic carbocycles. The highest BCUT2D eigenvalue weighted by atomic mass is 19.4. The number of aromatic nitrogens is 3. The molecule has 138 heavy (non-hydrogen) atoms. The Morgan fingerprint density at radius 1 is 0.391 bits per heavy atom. The van der Waals surface area contributed by atoms with Crippen LogP contribution in [0.5, 0.6) is 17.2 Å². The van der Waals surface area contributed by atoms with Crippen molar-refractivity contribution in [2.45, 2.75) is 185 Å². The molecule has 8 atom stereocenters. The molecular formula is C96H91F18N9O15. The van der Waals surface area contributed by atoms with E-state index in [2.05, 4.69) is 0 Å². The van der Waals surface area contributed by atoms with Crippen molar-refractivity contribution in [3.05, 3.63) is 229 Å². The Morgan fingerprint density at radius 2 is 0.739 bits per heavy atom. The average molecular weight is 1950 g/mol. The van der Waals surface area contributed by atoms with Crippen LogP contribution in [-0.4, -0.2) is 160 Å². The van der Waals surface area contributed by atoms with Crippen LogP contribution in [0, 0.1) is 12.8 Å². The van der Waals surface area contributed by atoms with E-state index in [1.54, 1.807) is 68.4 Å². The third kappa shape index (κ3) is 21.7. The van der Waals surface area contributed by atoms with Crippen molar-refractivity contribution in [2.75, 3.05) is 75.3 Å². The van der Waals surface area contributed by atoms with Crippen molar-refractivity contribution in [1.29, 1.82) is 0 Å². The van der Waals surface area contributed by atoms with Crippen LogP contribution in [0.3, 0.4) is 0 Å². The van der Waals surface area contributed by atoms with E-state index in [0.717, 1.165) is 69.7 Å². The van der Waals surface area contributed by atoms with Gasteiger partial charge in [0.25, 0.3) is 0 Å². The molecule has 24 nitrogen and oxygen atoms in total. The SMILES string of the molecule is COc1ccc(C(C)(C)CC(=O)O)cc1-c1ccc(N2CCC2)nc1CN1C(=O)O[C@H](c2cc(C(F)(F)F)cc(C(F)(F)F)c2)[C@@H]1C.COc1ccc(CC(=O)O)cc1-c1c(C)cc(N2CCC2)nc1CN1C(=O)O[C@H](c2cc(C(F)(F)F)cc(C(F)(F)F)c2)[C@@H]1C.COc1ccc([C@H]2C[C@@H]2C(=O)O)cc1-c1ccc(N2CCC2)nc1CN1C(=O)O[C@H](c2cc(C(F)(F)F)cc(C(F)(F)F)c2)[C@@H]1C. The van der Waals surface area contributed by atoms with Gasteiger partial charge < -0.3 is 58.4 Å². The van der Waals surface area contributed by atoms with Crippen LogP contribution in [0.1, 0.15) is 180 Å². The Kier molecular flexibility index (Phi) is 28.0. The van der Waals surface area contributed by atoms with Crippen molar-refractivity contribution in [1.82, 2.24) is 29.7 Å². The summed E-state index contributed by atoms with van der Waals surface area (Å²) in [6.45, 7) is 13.8. The summed E-state index contributed by atoms with van der Waals surface area (Å²) in [7, 11) is 4.39. The number of nitrogens with zero attached hydrogens (tertiary/aromatic N) is 9. The highest BCUT2D eigenvalue weighted by molar-refractivity contribution is 5.83. The number of carbonyl (C=O) groups excluding carboxylic acids is 3. The zero-order valence-corrected chi connectivity index (χ0v) is 75.1. The van der Waals surface area contributed by atoms with Crippen LogP contribution < -0.4 is 28.9 Å². The summed E-state index contributed by atoms with van der Waals surface area (Å²) in [6.07, 6.45) is -34.5. The first-order valence-electron chi connectivity index (χ1n) is 43.4. The molecule has 9 heterocycles. The van der Waals surface area contributed by atoms with Crippen LogP contribution in [0.25, 0.3) is 33.4 Å². The highest BCUT2D eigenvalue weighted by Crippen LogP contribution is 2.53. The minimum absolute atomic E-state index is 0.0226. The Morgan fingerprint density at radius 3 is 1.08 bits per heavy atom. The van der Waals surface area contributed by atoms with Gasteiger partial charge >= 0.3 is 73.2 Å². The lowest BCUT2D eigenvalue weighted by Gasteiger charge is -2.33. The molecule has 7 fully saturated rings. The van der Waals surface area contributed by atoms with E-state index >= 15 is 0 Å². The van der Waals surface area contributed by atoms with Gasteiger partial charge in [0, 0.05) is 78.1 Å². The maximum absolute atomic E-state index is 13.6. The molecule has 1 saturated carbocycles. The molecule has 7 aliphatic rings. The summed E-state index contributed by atoms with van der Waals surface area (Å²) < 4.78 is 277. The van der Waals surface area contributed by atoms with Gasteiger partial charge in [0.1, 0.15) is 53.0 Å². The van der Waals surface area contributed by atoms with Crippen LogP contribution in [0.4, 0.5) is 111 Å². The number of amides is 3. The smallest absolute Gasteiger partial charge is 0.416 e. The zero-order valence-electron chi connectivity index (χ0n) is 75.1. The fourth-order valence-electron chi connectivity index (χ4n) is 17.5. The number of rotatable bonds is 25. The fraction of sp³-hybridized carbons (Fsp3) is 0.406. The summed E-state index contributed by atoms with van der Waals surface area (Å²) in [4.78, 5) is 98.3. The first kappa shape index (κ1) is 100. The molecule has 9 aromatic rings. The Labute approximate surface area is 777 Å². The van der Waals surface area contributed by atoms with E-state index in [1.807, 2.05) is 52.0 Å². The summed E-state index contributed by atoms with van der Waals surface area (Å²) in [5.41, 5.74) is -3.94. The molecule has 6 aromatic carbocycles. The molecule has 42 heteroatoms. The molecule has 6 saturated heterocycles. The number of ether oxygens (including phenoxy) is 6. The van der Waals surface area contributed by atoms with Crippen LogP contribution >= 0.6 is 0 Å². The Balaban J connectivity index is 0.000000165. The molecule has 3 aromatic heterocycles. The maximum atomic E-state index is 13.6. The first-order valence-corrected chi connectivity index (χ1v) is 43.4. The minimum Gasteiger partial charge on any atom is -0.496 e. The van der Waals surface area contributed by atoms with Gasteiger partial charge in [0.05, 0.1) is 128 Å². The predicted octanol–water partition coefficient (Wildman–Crippen LogP) is 22.1. The molecule has 0 bridgehead atoms. The van der Waals surface area contributed by atoms with E-state index in [4.69, 9.17) is 43.4 Å². The van der Waals surface area contributed by atoms with Gasteiger partial charge in [0.2, 0.25) is 0 Å². The van der Waals surface area contributed by atoms with Gasteiger partial charge in [-0.1, -0.05) is 32.0 Å². The molecule has 3 N–H and O–H groups in total. The average Bonchev–Trinajstić information content (AvgIpc) is 1.73. The van der Waals surface area contributed by atoms with E-state index in [0.29, 0.717) is 139 Å². The minimum atomic E-state index is -5.07. The number of aliphatic carboxylic acids is 3. The second-order valence-electron chi connectivity index (χ2n) is 35.2. The highest BCUT2D eigenvalue weighted by Gasteiger charge is 2.50. The number of cyclic esters (lactones) is 3. The van der Waals surface area contributed by atoms with E-state index in [9.17, 15) is 123 Å². The topological polar surface area (TPSA) is 277 Å². The number of benzene rings is 6. The number of carbonyl (C=O) groups is 6. The van der Waals surface area contributed by atoms with Gasteiger partial charge in [-0.25, -0.2) is 29.3 Å². The van der Waals surface area contributed by atoms with Crippen molar-refractivity contribution in [2.24, 2.45) is 5.92 Å². The Hall–Kier alpha value is -13.5. The quantitative estimate of drug-likeness (QED) is 0.0354. The van der Waals surface area contributed by atoms with Crippen LogP contribution in [0.15, 0.2) is 140 Å². The number of anilines is 3. The van der Waals surface area contributed by atoms with Gasteiger partial charge in [0.15, 0.2) is 0 Å². The fourth-order valence-corrected chi connectivity index (χ4v) is 17.5. The lowest BCUT2D eigenvalue weighted by atomic mass is 9.80. The predicted molar refractivity (Wildman–Crippen MR) is 461 cm³/mol. The summed E-state index contributed by atoms with van der Waals surface area (Å²) in [5, 5.41) is 28.3. The molecule has 736 valence electrons. The number of aryl methyl sites for hydroxylation is 1. The molecule has 0 spiro atoms. The van der Waals surface area contributed by atoms with E-state index < -0.39 is 171 Å². The van der Waals surface area contributed by atoms with E-state index in [-0.39, 0.29) is 56.6 Å². The molecule has 0 unspecified atom stereocenters. The van der Waals surface area contributed by atoms with Crippen molar-refractivity contribution < 1.29 is 152 Å². The standard InChI is InChI=1S/C33H33F6N3O5.C32H29F6N3O5.C31H29F6N3O5/c1-18-29(19-12-21(32(34,35)36)14-22(13-19)33(37,38)39)47-30(45)42(18)17-25-23(7-9-27(40-25)41-10-5-11-41)24-15-20(6-8-26(24)46-4)31(2,3)16-28(43)44;1-16-28(18-10-19(31(33,34)35)13-20(11-18)32(36,37)38)46-30(44)41(16)15-25-21(5-7-27(39-25)40-8-3-9-40)23-12-17(4-6-26(23)45-2)22-14-24(22)29(42)43;1-16-9-25(39-7-4-8-39)38-23(27(16)22-10-18(11-26(41)42)5-6-24(22)44-3)15-40-17(2)28(45-29(40)43)19-12-20(30(32,33)34)14-21(13-19)31(35,36)37/h6-9,12-15,18,29H,5,10-11,16-17H2,1-4H3,(H,43,44);4-7,10-13,16,22,24,28H,3,8-9,14-15H2,1-2H3,(H,42,43);5-6,9-10,12-14,17,28H,4,7-8,11,15H2,1-3H3,(H,41,42)/t18-,29-;16-,22+,24-,28-;17-,28-/m000/s1. The van der Waals surface area contributed by atoms with Gasteiger partial charge in [-0.3, -0.25) is 29.1 Å².